The van der Waals surface area contributed by atoms with Crippen molar-refractivity contribution in [3.05, 3.63) is 51.7 Å². The van der Waals surface area contributed by atoms with Gasteiger partial charge in [0.25, 0.3) is 5.56 Å². The Morgan fingerprint density at radius 3 is 2.59 bits per heavy atom. The van der Waals surface area contributed by atoms with Gasteiger partial charge in [0.1, 0.15) is 11.5 Å². The first-order valence-electron chi connectivity index (χ1n) is 4.81. The van der Waals surface area contributed by atoms with Crippen molar-refractivity contribution in [2.75, 3.05) is 0 Å². The number of rotatable bonds is 2. The molecule has 0 radical (unpaired) electrons. The van der Waals surface area contributed by atoms with E-state index in [1.807, 2.05) is 0 Å². The molecule has 1 heterocycles. The smallest absolute Gasteiger partial charge is 0.335 e. The van der Waals surface area contributed by atoms with Crippen molar-refractivity contribution in [2.24, 2.45) is 0 Å². The van der Waals surface area contributed by atoms with Crippen LogP contribution in [0.3, 0.4) is 0 Å². The number of carboxylic acids is 1. The van der Waals surface area contributed by atoms with Gasteiger partial charge in [-0.2, -0.15) is 0 Å². The van der Waals surface area contributed by atoms with Gasteiger partial charge in [0.15, 0.2) is 0 Å². The summed E-state index contributed by atoms with van der Waals surface area (Å²) in [6.45, 7) is 1.67. The number of aromatic amines is 1. The fourth-order valence-electron chi connectivity index (χ4n) is 1.51. The van der Waals surface area contributed by atoms with Gasteiger partial charge >= 0.3 is 5.97 Å². The van der Waals surface area contributed by atoms with Crippen LogP contribution in [-0.4, -0.2) is 20.9 Å². The molecule has 0 amide bonds. The largest absolute Gasteiger partial charge is 0.478 e. The minimum atomic E-state index is -1.22. The lowest BCUT2D eigenvalue weighted by molar-refractivity contribution is 0.0696. The highest BCUT2D eigenvalue weighted by molar-refractivity contribution is 5.87. The highest BCUT2D eigenvalue weighted by Gasteiger charge is 2.11. The molecule has 0 aliphatic rings. The molecule has 0 saturated heterocycles. The van der Waals surface area contributed by atoms with Crippen LogP contribution in [0.4, 0.5) is 4.39 Å². The van der Waals surface area contributed by atoms with Crippen molar-refractivity contribution < 1.29 is 14.3 Å². The Labute approximate surface area is 95.1 Å². The molecule has 6 heteroatoms. The molecule has 0 saturated carbocycles. The fourth-order valence-corrected chi connectivity index (χ4v) is 1.51. The highest BCUT2D eigenvalue weighted by Crippen LogP contribution is 2.13. The van der Waals surface area contributed by atoms with E-state index in [9.17, 15) is 14.0 Å². The van der Waals surface area contributed by atoms with Crippen LogP contribution in [0.25, 0.3) is 5.69 Å². The molecule has 0 aliphatic carbocycles. The van der Waals surface area contributed by atoms with Crippen LogP contribution in [0, 0.1) is 12.7 Å². The number of carboxylic acid groups (broad SMARTS) is 1. The van der Waals surface area contributed by atoms with Gasteiger partial charge in [-0.3, -0.25) is 9.89 Å². The molecule has 88 valence electrons. The van der Waals surface area contributed by atoms with Crippen molar-refractivity contribution in [1.29, 1.82) is 0 Å². The Kier molecular flexibility index (Phi) is 2.55. The molecule has 0 unspecified atom stereocenters. The average Bonchev–Trinajstić information content (AvgIpc) is 2.57. The van der Waals surface area contributed by atoms with Gasteiger partial charge in [0.2, 0.25) is 0 Å². The van der Waals surface area contributed by atoms with E-state index in [0.29, 0.717) is 5.69 Å². The second-order valence-corrected chi connectivity index (χ2v) is 3.58. The van der Waals surface area contributed by atoms with E-state index in [4.69, 9.17) is 5.11 Å². The lowest BCUT2D eigenvalue weighted by Gasteiger charge is -2.04. The van der Waals surface area contributed by atoms with E-state index in [2.05, 4.69) is 5.10 Å². The fraction of sp³-hybridized carbons (Fsp3) is 0.0909. The number of halogens is 1. The van der Waals surface area contributed by atoms with Crippen LogP contribution in [-0.2, 0) is 0 Å². The summed E-state index contributed by atoms with van der Waals surface area (Å²) >= 11 is 0. The summed E-state index contributed by atoms with van der Waals surface area (Å²) in [5, 5.41) is 11.4. The zero-order valence-corrected chi connectivity index (χ0v) is 8.90. The zero-order valence-electron chi connectivity index (χ0n) is 8.90. The van der Waals surface area contributed by atoms with Crippen LogP contribution in [0.1, 0.15) is 16.1 Å². The number of hydrogen-bond acceptors (Lipinski definition) is 2. The number of aryl methyl sites for hydroxylation is 1. The molecule has 0 atom stereocenters. The van der Waals surface area contributed by atoms with E-state index in [1.165, 1.54) is 18.2 Å². The molecule has 17 heavy (non-hydrogen) atoms. The SMILES string of the molecule is Cc1cc(=O)n(-c2ccc(C(=O)O)cc2F)[nH]1. The van der Waals surface area contributed by atoms with Crippen molar-refractivity contribution in [3.63, 3.8) is 0 Å². The van der Waals surface area contributed by atoms with E-state index >= 15 is 0 Å². The monoisotopic (exact) mass is 236 g/mol. The van der Waals surface area contributed by atoms with Gasteiger partial charge in [0, 0.05) is 11.8 Å². The second-order valence-electron chi connectivity index (χ2n) is 3.58. The zero-order chi connectivity index (χ0) is 12.6. The quantitative estimate of drug-likeness (QED) is 0.825. The Morgan fingerprint density at radius 1 is 1.41 bits per heavy atom. The topological polar surface area (TPSA) is 75.1 Å². The highest BCUT2D eigenvalue weighted by atomic mass is 19.1. The lowest BCUT2D eigenvalue weighted by Crippen LogP contribution is -2.15. The molecular weight excluding hydrogens is 227 g/mol. The lowest BCUT2D eigenvalue weighted by atomic mass is 10.2. The number of aromatic carboxylic acids is 1. The number of aromatic nitrogens is 2. The number of nitrogens with zero attached hydrogens (tertiary/aromatic N) is 1. The molecule has 2 rings (SSSR count). The Bertz CT molecular complexity index is 642. The normalized spacial score (nSPS) is 10.5. The van der Waals surface area contributed by atoms with Gasteiger partial charge in [-0.25, -0.2) is 13.9 Å². The molecule has 0 spiro atoms. The summed E-state index contributed by atoms with van der Waals surface area (Å²) in [5.41, 5.74) is 0.0249. The predicted octanol–water partition coefficient (Wildman–Crippen LogP) is 1.31. The number of carbonyl (C=O) groups is 1. The van der Waals surface area contributed by atoms with Gasteiger partial charge in [-0.1, -0.05) is 0 Å². The maximum atomic E-state index is 13.6. The van der Waals surface area contributed by atoms with Crippen LogP contribution in [0.5, 0.6) is 0 Å². The van der Waals surface area contributed by atoms with Crippen LogP contribution in [0.2, 0.25) is 0 Å². The summed E-state index contributed by atoms with van der Waals surface area (Å²) in [7, 11) is 0. The first-order chi connectivity index (χ1) is 7.99. The molecule has 5 nitrogen and oxygen atoms in total. The molecule has 0 aliphatic heterocycles. The van der Waals surface area contributed by atoms with Crippen molar-refractivity contribution in [3.8, 4) is 5.69 Å². The van der Waals surface area contributed by atoms with E-state index in [1.54, 1.807) is 6.92 Å². The third kappa shape index (κ3) is 1.96. The maximum absolute atomic E-state index is 13.6. The Morgan fingerprint density at radius 2 is 2.12 bits per heavy atom. The summed E-state index contributed by atoms with van der Waals surface area (Å²) in [5.74, 6) is -1.99. The number of benzene rings is 1. The number of nitrogens with one attached hydrogen (secondary N) is 1. The Balaban J connectivity index is 2.58. The summed E-state index contributed by atoms with van der Waals surface area (Å²) in [4.78, 5) is 22.1. The number of hydrogen-bond donors (Lipinski definition) is 2. The first kappa shape index (κ1) is 11.1. The molecule has 0 fully saturated rings. The minimum absolute atomic E-state index is 0.00639. The molecular formula is C11H9FN2O3. The minimum Gasteiger partial charge on any atom is -0.478 e. The Hall–Kier alpha value is -2.37. The molecule has 2 aromatic rings. The van der Waals surface area contributed by atoms with E-state index < -0.39 is 17.3 Å². The molecule has 0 bridgehead atoms. The third-order valence-corrected chi connectivity index (χ3v) is 2.28. The third-order valence-electron chi connectivity index (χ3n) is 2.28. The molecule has 1 aromatic carbocycles. The van der Waals surface area contributed by atoms with E-state index in [-0.39, 0.29) is 11.3 Å². The van der Waals surface area contributed by atoms with Gasteiger partial charge in [-0.05, 0) is 25.1 Å². The van der Waals surface area contributed by atoms with Gasteiger partial charge in [-0.15, -0.1) is 0 Å². The van der Waals surface area contributed by atoms with Crippen molar-refractivity contribution >= 4 is 5.97 Å². The van der Waals surface area contributed by atoms with Crippen LogP contribution >= 0.6 is 0 Å². The summed E-state index contributed by atoms with van der Waals surface area (Å²) < 4.78 is 14.7. The predicted molar refractivity (Wildman–Crippen MR) is 58.0 cm³/mol. The van der Waals surface area contributed by atoms with Gasteiger partial charge in [0.05, 0.1) is 5.56 Å². The maximum Gasteiger partial charge on any atom is 0.335 e. The van der Waals surface area contributed by atoms with Crippen molar-refractivity contribution in [1.82, 2.24) is 9.78 Å². The van der Waals surface area contributed by atoms with Gasteiger partial charge < -0.3 is 5.11 Å². The van der Waals surface area contributed by atoms with E-state index in [0.717, 1.165) is 10.7 Å². The second kappa shape index (κ2) is 3.89. The molecule has 1 aromatic heterocycles. The standard InChI is InChI=1S/C11H9FN2O3/c1-6-4-10(15)14(13-6)9-3-2-7(11(16)17)5-8(9)12/h2-5,13H,1H3,(H,16,17). The summed E-state index contributed by atoms with van der Waals surface area (Å²) in [6.07, 6.45) is 0. The number of H-pyrrole nitrogens is 1. The van der Waals surface area contributed by atoms with Crippen LogP contribution < -0.4 is 5.56 Å². The van der Waals surface area contributed by atoms with Crippen molar-refractivity contribution in [2.45, 2.75) is 6.92 Å². The molecule has 2 N–H and O–H groups in total. The summed E-state index contributed by atoms with van der Waals surface area (Å²) in [6, 6.07) is 4.68. The van der Waals surface area contributed by atoms with Crippen LogP contribution in [0.15, 0.2) is 29.1 Å². The average molecular weight is 236 g/mol. The first-order valence-corrected chi connectivity index (χ1v) is 4.81.